The molecule has 0 N–H and O–H groups in total. The maximum Gasteiger partial charge on any atom is 0.266 e. The summed E-state index contributed by atoms with van der Waals surface area (Å²) in [6, 6.07) is 22.1. The molecule has 2 aliphatic heterocycles. The van der Waals surface area contributed by atoms with E-state index in [-0.39, 0.29) is 17.4 Å². The summed E-state index contributed by atoms with van der Waals surface area (Å²) in [5, 5.41) is 0. The van der Waals surface area contributed by atoms with Gasteiger partial charge in [0.25, 0.3) is 17.7 Å². The topological polar surface area (TPSA) is 66.9 Å². The van der Waals surface area contributed by atoms with Crippen molar-refractivity contribution in [1.82, 2.24) is 4.90 Å². The van der Waals surface area contributed by atoms with Crippen LogP contribution >= 0.6 is 0 Å². The molecule has 2 heterocycles. The zero-order valence-corrected chi connectivity index (χ0v) is 19.8. The molecule has 178 valence electrons. The Balaban J connectivity index is 1.27. The molecule has 1 saturated heterocycles. The van der Waals surface area contributed by atoms with E-state index in [9.17, 15) is 14.4 Å². The van der Waals surface area contributed by atoms with E-state index in [2.05, 4.69) is 24.3 Å². The summed E-state index contributed by atoms with van der Waals surface area (Å²) in [5.41, 5.74) is 2.85. The second-order valence-electron chi connectivity index (χ2n) is 9.06. The molecule has 3 aromatic carbocycles. The van der Waals surface area contributed by atoms with Gasteiger partial charge in [-0.25, -0.2) is 4.90 Å². The molecule has 0 radical (unpaired) electrons. The van der Waals surface area contributed by atoms with Crippen molar-refractivity contribution in [2.75, 3.05) is 24.6 Å². The number of hydrogen-bond donors (Lipinski definition) is 0. The monoisotopic (exact) mass is 468 g/mol. The number of fused-ring (bicyclic) bond motifs is 1. The molecule has 1 fully saturated rings. The highest BCUT2D eigenvalue weighted by Crippen LogP contribution is 2.31. The van der Waals surface area contributed by atoms with Gasteiger partial charge in [-0.15, -0.1) is 0 Å². The first kappa shape index (κ1) is 22.8. The quantitative estimate of drug-likeness (QED) is 0.479. The lowest BCUT2D eigenvalue weighted by Gasteiger charge is -2.32. The van der Waals surface area contributed by atoms with Gasteiger partial charge in [-0.3, -0.25) is 14.4 Å². The van der Waals surface area contributed by atoms with Gasteiger partial charge in [0.1, 0.15) is 5.75 Å². The molecule has 6 nitrogen and oxygen atoms in total. The van der Waals surface area contributed by atoms with E-state index in [0.717, 1.165) is 24.2 Å². The highest BCUT2D eigenvalue weighted by molar-refractivity contribution is 6.34. The van der Waals surface area contributed by atoms with E-state index in [1.165, 1.54) is 5.56 Å². The van der Waals surface area contributed by atoms with Gasteiger partial charge in [0.15, 0.2) is 0 Å². The molecule has 0 saturated carbocycles. The molecular formula is C29H28N2O4. The number of imide groups is 1. The molecule has 3 aromatic rings. The van der Waals surface area contributed by atoms with Crippen LogP contribution in [0.25, 0.3) is 0 Å². The number of piperidine rings is 1. The number of benzene rings is 3. The van der Waals surface area contributed by atoms with Gasteiger partial charge in [0.2, 0.25) is 0 Å². The summed E-state index contributed by atoms with van der Waals surface area (Å²) in [6.07, 6.45) is 2.93. The molecule has 2 aliphatic rings. The lowest BCUT2D eigenvalue weighted by molar-refractivity contribution is 0.0690. The van der Waals surface area contributed by atoms with Crippen molar-refractivity contribution in [2.45, 2.75) is 26.2 Å². The molecular weight excluding hydrogens is 440 g/mol. The predicted octanol–water partition coefficient (Wildman–Crippen LogP) is 4.98. The number of amides is 3. The Hall–Kier alpha value is -3.93. The van der Waals surface area contributed by atoms with Crippen LogP contribution < -0.4 is 9.64 Å². The highest BCUT2D eigenvalue weighted by atomic mass is 16.5. The Bertz CT molecular complexity index is 1250. The Morgan fingerprint density at radius 2 is 1.57 bits per heavy atom. The van der Waals surface area contributed by atoms with Gasteiger partial charge in [-0.1, -0.05) is 30.3 Å². The fourth-order valence-electron chi connectivity index (χ4n) is 4.94. The normalized spacial score (nSPS) is 15.9. The fraction of sp³-hybridized carbons (Fsp3) is 0.276. The Morgan fingerprint density at radius 3 is 2.26 bits per heavy atom. The SMILES string of the molecule is CCOc1ccc(N2C(=O)c3ccc(C(=O)N4CCC(Cc5ccccc5)CC4)cc3C2=O)cc1. The first-order chi connectivity index (χ1) is 17.0. The summed E-state index contributed by atoms with van der Waals surface area (Å²) in [4.78, 5) is 42.3. The van der Waals surface area contributed by atoms with Crippen molar-refractivity contribution in [2.24, 2.45) is 5.92 Å². The standard InChI is InChI=1S/C29H28N2O4/c1-2-35-24-11-9-23(10-12-24)31-28(33)25-13-8-22(19-26(25)29(31)34)27(32)30-16-14-21(15-17-30)18-20-6-4-3-5-7-20/h3-13,19,21H,2,14-18H2,1H3. The van der Waals surface area contributed by atoms with E-state index in [1.54, 1.807) is 42.5 Å². The average Bonchev–Trinajstić information content (AvgIpc) is 3.14. The number of nitrogens with zero attached hydrogens (tertiary/aromatic N) is 2. The Kier molecular flexibility index (Phi) is 6.36. The first-order valence-electron chi connectivity index (χ1n) is 12.1. The molecule has 6 heteroatoms. The number of carbonyl (C=O) groups excluding carboxylic acids is 3. The third-order valence-electron chi connectivity index (χ3n) is 6.81. The van der Waals surface area contributed by atoms with Crippen LogP contribution in [0.4, 0.5) is 5.69 Å². The predicted molar refractivity (Wildman–Crippen MR) is 134 cm³/mol. The van der Waals surface area contributed by atoms with Crippen molar-refractivity contribution in [3.63, 3.8) is 0 Å². The first-order valence-corrected chi connectivity index (χ1v) is 12.1. The molecule has 0 atom stereocenters. The average molecular weight is 469 g/mol. The highest BCUT2D eigenvalue weighted by Gasteiger charge is 2.37. The molecule has 0 bridgehead atoms. The van der Waals surface area contributed by atoms with E-state index in [4.69, 9.17) is 4.74 Å². The van der Waals surface area contributed by atoms with E-state index in [0.29, 0.717) is 48.2 Å². The van der Waals surface area contributed by atoms with Crippen LogP contribution in [0.3, 0.4) is 0 Å². The summed E-state index contributed by atoms with van der Waals surface area (Å²) >= 11 is 0. The van der Waals surface area contributed by atoms with Gasteiger partial charge >= 0.3 is 0 Å². The van der Waals surface area contributed by atoms with Crippen LogP contribution in [0.1, 0.15) is 56.4 Å². The van der Waals surface area contributed by atoms with E-state index < -0.39 is 5.91 Å². The minimum Gasteiger partial charge on any atom is -0.494 e. The van der Waals surface area contributed by atoms with Crippen LogP contribution in [-0.2, 0) is 6.42 Å². The molecule has 35 heavy (non-hydrogen) atoms. The number of ether oxygens (including phenoxy) is 1. The van der Waals surface area contributed by atoms with E-state index >= 15 is 0 Å². The number of likely N-dealkylation sites (tertiary alicyclic amines) is 1. The van der Waals surface area contributed by atoms with Crippen LogP contribution in [0.15, 0.2) is 72.8 Å². The van der Waals surface area contributed by atoms with Crippen molar-refractivity contribution < 1.29 is 19.1 Å². The zero-order valence-electron chi connectivity index (χ0n) is 19.8. The number of rotatable bonds is 6. The summed E-state index contributed by atoms with van der Waals surface area (Å²) in [5.74, 6) is 0.350. The van der Waals surface area contributed by atoms with Crippen LogP contribution in [0, 0.1) is 5.92 Å². The van der Waals surface area contributed by atoms with Crippen molar-refractivity contribution >= 4 is 23.4 Å². The maximum atomic E-state index is 13.2. The number of anilines is 1. The van der Waals surface area contributed by atoms with Gasteiger partial charge in [0, 0.05) is 18.7 Å². The largest absolute Gasteiger partial charge is 0.494 e. The minimum atomic E-state index is -0.412. The van der Waals surface area contributed by atoms with E-state index in [1.807, 2.05) is 17.9 Å². The lowest BCUT2D eigenvalue weighted by atomic mass is 9.90. The van der Waals surface area contributed by atoms with Gasteiger partial charge in [-0.05, 0) is 80.1 Å². The van der Waals surface area contributed by atoms with Gasteiger partial charge in [-0.2, -0.15) is 0 Å². The van der Waals surface area contributed by atoms with Crippen LogP contribution in [0.2, 0.25) is 0 Å². The maximum absolute atomic E-state index is 13.2. The van der Waals surface area contributed by atoms with Crippen molar-refractivity contribution in [3.8, 4) is 5.75 Å². The molecule has 0 unspecified atom stereocenters. The minimum absolute atomic E-state index is 0.0919. The third-order valence-corrected chi connectivity index (χ3v) is 6.81. The fourth-order valence-corrected chi connectivity index (χ4v) is 4.94. The Morgan fingerprint density at radius 1 is 0.886 bits per heavy atom. The second kappa shape index (κ2) is 9.74. The van der Waals surface area contributed by atoms with Crippen LogP contribution in [0.5, 0.6) is 5.75 Å². The Labute approximate surface area is 205 Å². The molecule has 3 amide bonds. The van der Waals surface area contributed by atoms with Gasteiger partial charge in [0.05, 0.1) is 23.4 Å². The summed E-state index contributed by atoms with van der Waals surface area (Å²) in [7, 11) is 0. The summed E-state index contributed by atoms with van der Waals surface area (Å²) < 4.78 is 5.44. The molecule has 0 aromatic heterocycles. The number of hydrogen-bond acceptors (Lipinski definition) is 4. The van der Waals surface area contributed by atoms with Crippen molar-refractivity contribution in [3.05, 3.63) is 95.1 Å². The van der Waals surface area contributed by atoms with Crippen molar-refractivity contribution in [1.29, 1.82) is 0 Å². The molecule has 5 rings (SSSR count). The third kappa shape index (κ3) is 4.56. The smallest absolute Gasteiger partial charge is 0.266 e. The molecule has 0 aliphatic carbocycles. The van der Waals surface area contributed by atoms with Gasteiger partial charge < -0.3 is 9.64 Å². The van der Waals surface area contributed by atoms with Crippen LogP contribution in [-0.4, -0.2) is 42.3 Å². The lowest BCUT2D eigenvalue weighted by Crippen LogP contribution is -2.39. The zero-order chi connectivity index (χ0) is 24.4. The second-order valence-corrected chi connectivity index (χ2v) is 9.06. The number of carbonyl (C=O) groups is 3. The molecule has 0 spiro atoms. The summed E-state index contributed by atoms with van der Waals surface area (Å²) in [6.45, 7) is 3.81.